The third-order valence-electron chi connectivity index (χ3n) is 4.24. The summed E-state index contributed by atoms with van der Waals surface area (Å²) < 4.78 is 0. The molecule has 1 aliphatic rings. The smallest absolute Gasteiger partial charge is 0.217 e. The van der Waals surface area contributed by atoms with Crippen LogP contribution in [0.5, 0.6) is 0 Å². The zero-order chi connectivity index (χ0) is 17.7. The molecule has 1 saturated heterocycles. The summed E-state index contributed by atoms with van der Waals surface area (Å²) >= 11 is 1.68. The molecule has 6 nitrogen and oxygen atoms in total. The number of hydrogen-bond donors (Lipinski definition) is 2. The molecule has 1 fully saturated rings. The van der Waals surface area contributed by atoms with Gasteiger partial charge in [0, 0.05) is 37.4 Å². The van der Waals surface area contributed by atoms with Gasteiger partial charge >= 0.3 is 0 Å². The summed E-state index contributed by atoms with van der Waals surface area (Å²) in [6.45, 7) is 8.97. The lowest BCUT2D eigenvalue weighted by Gasteiger charge is -2.34. The van der Waals surface area contributed by atoms with Crippen LogP contribution in [0.4, 0.5) is 0 Å². The molecule has 1 aromatic heterocycles. The molecular formula is C17H30IN5OS. The predicted molar refractivity (Wildman–Crippen MR) is 115 cm³/mol. The first-order chi connectivity index (χ1) is 11.3. The molecule has 8 heteroatoms. The van der Waals surface area contributed by atoms with E-state index in [1.807, 2.05) is 0 Å². The highest BCUT2D eigenvalue weighted by Gasteiger charge is 2.24. The molecule has 1 aliphatic heterocycles. The summed E-state index contributed by atoms with van der Waals surface area (Å²) in [5.41, 5.74) is 6.54. The number of nitrogens with one attached hydrogen (secondary N) is 1. The molecule has 1 atom stereocenters. The van der Waals surface area contributed by atoms with E-state index in [0.29, 0.717) is 18.9 Å². The second kappa shape index (κ2) is 9.70. The van der Waals surface area contributed by atoms with Crippen molar-refractivity contribution >= 4 is 47.2 Å². The van der Waals surface area contributed by atoms with Crippen molar-refractivity contribution in [2.24, 2.45) is 16.6 Å². The van der Waals surface area contributed by atoms with Gasteiger partial charge in [-0.3, -0.25) is 9.79 Å². The van der Waals surface area contributed by atoms with Gasteiger partial charge in [0.25, 0.3) is 0 Å². The van der Waals surface area contributed by atoms with Gasteiger partial charge < -0.3 is 16.0 Å². The van der Waals surface area contributed by atoms with Crippen LogP contribution in [0, 0.1) is 5.92 Å². The number of carbonyl (C=O) groups excluding carboxylic acids is 1. The number of thiazole rings is 1. The average molecular weight is 479 g/mol. The highest BCUT2D eigenvalue weighted by molar-refractivity contribution is 14.0. The molecular weight excluding hydrogens is 449 g/mol. The van der Waals surface area contributed by atoms with Crippen LogP contribution in [0.25, 0.3) is 0 Å². The van der Waals surface area contributed by atoms with Crippen LogP contribution in [0.15, 0.2) is 10.4 Å². The Bertz CT molecular complexity index is 596. The number of halogens is 1. The highest BCUT2D eigenvalue weighted by atomic mass is 127. The number of primary amides is 1. The van der Waals surface area contributed by atoms with E-state index in [4.69, 9.17) is 10.7 Å². The number of aliphatic imine (C=N–C) groups is 1. The van der Waals surface area contributed by atoms with Gasteiger partial charge in [-0.1, -0.05) is 20.8 Å². The molecule has 0 saturated carbocycles. The van der Waals surface area contributed by atoms with Gasteiger partial charge in [0.1, 0.15) is 5.01 Å². The van der Waals surface area contributed by atoms with Crippen LogP contribution in [0.1, 0.15) is 50.7 Å². The number of amides is 1. The second-order valence-corrected chi connectivity index (χ2v) is 8.34. The number of guanidine groups is 1. The molecule has 1 aromatic rings. The molecule has 3 N–H and O–H groups in total. The number of likely N-dealkylation sites (tertiary alicyclic amines) is 1. The van der Waals surface area contributed by atoms with Crippen LogP contribution in [0.3, 0.4) is 0 Å². The van der Waals surface area contributed by atoms with E-state index >= 15 is 0 Å². The predicted octanol–water partition coefficient (Wildman–Crippen LogP) is 2.72. The third-order valence-corrected chi connectivity index (χ3v) is 5.09. The van der Waals surface area contributed by atoms with Crippen LogP contribution in [-0.4, -0.2) is 41.9 Å². The molecule has 142 valence electrons. The average Bonchev–Trinajstić information content (AvgIpc) is 2.97. The Labute approximate surface area is 171 Å². The number of aromatic nitrogens is 1. The van der Waals surface area contributed by atoms with Crippen LogP contribution in [-0.2, 0) is 16.8 Å². The third kappa shape index (κ3) is 6.73. The molecule has 2 heterocycles. The summed E-state index contributed by atoms with van der Waals surface area (Å²) in [6.07, 6.45) is 2.57. The number of piperidine rings is 1. The van der Waals surface area contributed by atoms with Crippen molar-refractivity contribution in [1.29, 1.82) is 0 Å². The van der Waals surface area contributed by atoms with Crippen LogP contribution < -0.4 is 11.1 Å². The number of nitrogens with zero attached hydrogens (tertiary/aromatic N) is 3. The van der Waals surface area contributed by atoms with E-state index in [1.165, 1.54) is 0 Å². The van der Waals surface area contributed by atoms with Gasteiger partial charge in [-0.2, -0.15) is 0 Å². The molecule has 0 bridgehead atoms. The SMILES string of the molecule is CN=C(NCc1nc(C(C)(C)C)cs1)N1CCCC(CC(N)=O)C1.I. The number of nitrogens with two attached hydrogens (primary N) is 1. The number of rotatable bonds is 4. The molecule has 0 radical (unpaired) electrons. The second-order valence-electron chi connectivity index (χ2n) is 7.40. The molecule has 0 aliphatic carbocycles. The molecule has 25 heavy (non-hydrogen) atoms. The molecule has 0 spiro atoms. The van der Waals surface area contributed by atoms with E-state index in [-0.39, 0.29) is 35.3 Å². The lowest BCUT2D eigenvalue weighted by atomic mass is 9.93. The van der Waals surface area contributed by atoms with E-state index in [0.717, 1.165) is 42.6 Å². The van der Waals surface area contributed by atoms with Crippen molar-refractivity contribution in [3.8, 4) is 0 Å². The first-order valence-corrected chi connectivity index (χ1v) is 9.36. The standard InChI is InChI=1S/C17H29N5OS.HI/c1-17(2,3)13-11-24-15(21-13)9-20-16(19-4)22-7-5-6-12(10-22)8-14(18)23;/h11-12H,5-10H2,1-4H3,(H2,18,23)(H,19,20);1H. The molecule has 0 aromatic carbocycles. The summed E-state index contributed by atoms with van der Waals surface area (Å²) in [5, 5.41) is 6.59. The summed E-state index contributed by atoms with van der Waals surface area (Å²) in [6, 6.07) is 0. The maximum Gasteiger partial charge on any atom is 0.217 e. The molecule has 1 unspecified atom stereocenters. The highest BCUT2D eigenvalue weighted by Crippen LogP contribution is 2.24. The first-order valence-electron chi connectivity index (χ1n) is 8.48. The number of carbonyl (C=O) groups is 1. The Hall–Kier alpha value is -0.900. The van der Waals surface area contributed by atoms with Crippen molar-refractivity contribution in [2.45, 2.75) is 52.0 Å². The lowest BCUT2D eigenvalue weighted by Crippen LogP contribution is -2.46. The van der Waals surface area contributed by atoms with Crippen molar-refractivity contribution < 1.29 is 4.79 Å². The summed E-state index contributed by atoms with van der Waals surface area (Å²) in [7, 11) is 1.79. The summed E-state index contributed by atoms with van der Waals surface area (Å²) in [4.78, 5) is 22.5. The maximum atomic E-state index is 11.2. The zero-order valence-electron chi connectivity index (χ0n) is 15.5. The topological polar surface area (TPSA) is 83.6 Å². The monoisotopic (exact) mass is 479 g/mol. The first kappa shape index (κ1) is 22.1. The van der Waals surface area contributed by atoms with E-state index in [1.54, 1.807) is 18.4 Å². The Morgan fingerprint density at radius 3 is 2.80 bits per heavy atom. The van der Waals surface area contributed by atoms with Crippen molar-refractivity contribution in [1.82, 2.24) is 15.2 Å². The Morgan fingerprint density at radius 1 is 1.52 bits per heavy atom. The van der Waals surface area contributed by atoms with Crippen LogP contribution in [0.2, 0.25) is 0 Å². The summed E-state index contributed by atoms with van der Waals surface area (Å²) in [5.74, 6) is 0.973. The van der Waals surface area contributed by atoms with Gasteiger partial charge in [0.05, 0.1) is 12.2 Å². The van der Waals surface area contributed by atoms with Gasteiger partial charge in [0.15, 0.2) is 5.96 Å². The lowest BCUT2D eigenvalue weighted by molar-refractivity contribution is -0.119. The normalized spacial score (nSPS) is 18.6. The van der Waals surface area contributed by atoms with E-state index in [9.17, 15) is 4.79 Å². The Balaban J connectivity index is 0.00000312. The Morgan fingerprint density at radius 2 is 2.24 bits per heavy atom. The van der Waals surface area contributed by atoms with Gasteiger partial charge in [0.2, 0.25) is 5.91 Å². The number of hydrogen-bond acceptors (Lipinski definition) is 4. The minimum absolute atomic E-state index is 0. The van der Waals surface area contributed by atoms with E-state index in [2.05, 4.69) is 41.4 Å². The fourth-order valence-electron chi connectivity index (χ4n) is 2.93. The van der Waals surface area contributed by atoms with Crippen LogP contribution >= 0.6 is 35.3 Å². The fourth-order valence-corrected chi connectivity index (χ4v) is 3.89. The zero-order valence-corrected chi connectivity index (χ0v) is 18.7. The Kier molecular flexibility index (Phi) is 8.59. The minimum Gasteiger partial charge on any atom is -0.370 e. The maximum absolute atomic E-state index is 11.2. The van der Waals surface area contributed by atoms with Crippen molar-refractivity contribution in [3.05, 3.63) is 16.1 Å². The largest absolute Gasteiger partial charge is 0.370 e. The van der Waals surface area contributed by atoms with Crippen molar-refractivity contribution in [3.63, 3.8) is 0 Å². The van der Waals surface area contributed by atoms with Crippen molar-refractivity contribution in [2.75, 3.05) is 20.1 Å². The van der Waals surface area contributed by atoms with Gasteiger partial charge in [-0.25, -0.2) is 4.98 Å². The molecule has 1 amide bonds. The van der Waals surface area contributed by atoms with E-state index < -0.39 is 0 Å². The molecule has 2 rings (SSSR count). The quantitative estimate of drug-likeness (QED) is 0.395. The fraction of sp³-hybridized carbons (Fsp3) is 0.706. The minimum atomic E-state index is -0.220. The van der Waals surface area contributed by atoms with Gasteiger partial charge in [-0.15, -0.1) is 35.3 Å². The van der Waals surface area contributed by atoms with Gasteiger partial charge in [-0.05, 0) is 18.8 Å².